The number of benzene rings is 2. The Balaban J connectivity index is 2.14. The predicted molar refractivity (Wildman–Crippen MR) is 111 cm³/mol. The molecule has 0 aliphatic rings. The monoisotopic (exact) mass is 417 g/mol. The van der Waals surface area contributed by atoms with Gasteiger partial charge in [0.25, 0.3) is 0 Å². The van der Waals surface area contributed by atoms with Crippen LogP contribution in [0.2, 0.25) is 0 Å². The maximum Gasteiger partial charge on any atom is 0.247 e. The third kappa shape index (κ3) is 6.69. The van der Waals surface area contributed by atoms with E-state index in [1.54, 1.807) is 36.4 Å². The summed E-state index contributed by atoms with van der Waals surface area (Å²) >= 11 is 0. The van der Waals surface area contributed by atoms with Gasteiger partial charge in [-0.3, -0.25) is 9.59 Å². The molecule has 0 fully saturated rings. The molecule has 0 aromatic heterocycles. The van der Waals surface area contributed by atoms with Crippen LogP contribution in [0.4, 0.5) is 0 Å². The molecular weight excluding hydrogens is 390 g/mol. The topological polar surface area (TPSA) is 104 Å². The lowest BCUT2D eigenvalue weighted by Gasteiger charge is -2.19. The average molecular weight is 418 g/mol. The maximum absolute atomic E-state index is 12.8. The molecule has 156 valence electrons. The summed E-state index contributed by atoms with van der Waals surface area (Å²) in [7, 11) is -2.22. The fourth-order valence-corrected chi connectivity index (χ4v) is 3.57. The summed E-state index contributed by atoms with van der Waals surface area (Å²) < 4.78 is 26.2. The molecule has 0 spiro atoms. The molecule has 0 aliphatic carbocycles. The second kappa shape index (κ2) is 10.2. The van der Waals surface area contributed by atoms with Gasteiger partial charge in [0, 0.05) is 13.0 Å². The first kappa shape index (κ1) is 22.6. The van der Waals surface area contributed by atoms with Gasteiger partial charge in [0.2, 0.25) is 21.8 Å². The Bertz CT molecular complexity index is 943. The van der Waals surface area contributed by atoms with E-state index in [9.17, 15) is 18.0 Å². The van der Waals surface area contributed by atoms with Crippen LogP contribution in [0.5, 0.6) is 0 Å². The van der Waals surface area contributed by atoms with Crippen LogP contribution in [0.25, 0.3) is 0 Å². The average Bonchev–Trinajstić information content (AvgIpc) is 2.70. The lowest BCUT2D eigenvalue weighted by atomic mass is 10.0. The number of hydrogen-bond donors (Lipinski definition) is 3. The second-order valence-corrected chi connectivity index (χ2v) is 8.97. The smallest absolute Gasteiger partial charge is 0.247 e. The summed E-state index contributed by atoms with van der Waals surface area (Å²) in [6.07, 6.45) is 0.320. The molecule has 1 atom stereocenters. The van der Waals surface area contributed by atoms with Crippen molar-refractivity contribution in [2.24, 2.45) is 5.92 Å². The Labute approximate surface area is 172 Å². The van der Waals surface area contributed by atoms with Crippen molar-refractivity contribution in [1.29, 1.82) is 0 Å². The molecule has 0 aliphatic heterocycles. The number of hydrogen-bond acceptors (Lipinski definition) is 4. The molecule has 1 unspecified atom stereocenters. The molecule has 3 N–H and O–H groups in total. The summed E-state index contributed by atoms with van der Waals surface area (Å²) in [4.78, 5) is 25.2. The van der Waals surface area contributed by atoms with E-state index < -0.39 is 16.1 Å². The van der Waals surface area contributed by atoms with E-state index in [2.05, 4.69) is 15.4 Å². The highest BCUT2D eigenvalue weighted by molar-refractivity contribution is 7.89. The van der Waals surface area contributed by atoms with Gasteiger partial charge >= 0.3 is 0 Å². The maximum atomic E-state index is 12.8. The zero-order chi connectivity index (χ0) is 21.4. The molecule has 0 saturated carbocycles. The number of carbonyl (C=O) groups is 2. The van der Waals surface area contributed by atoms with Crippen LogP contribution >= 0.6 is 0 Å². The van der Waals surface area contributed by atoms with E-state index in [4.69, 9.17) is 0 Å². The third-order valence-electron chi connectivity index (χ3n) is 4.24. The van der Waals surface area contributed by atoms with E-state index >= 15 is 0 Å². The minimum absolute atomic E-state index is 0.122. The molecular formula is C21H27N3O4S. The number of sulfonamides is 1. The highest BCUT2D eigenvalue weighted by Crippen LogP contribution is 2.15. The van der Waals surface area contributed by atoms with Crippen molar-refractivity contribution in [2.75, 3.05) is 7.05 Å². The van der Waals surface area contributed by atoms with Crippen LogP contribution in [-0.2, 0) is 26.2 Å². The van der Waals surface area contributed by atoms with Crippen LogP contribution in [0.1, 0.15) is 37.4 Å². The van der Waals surface area contributed by atoms with Crippen molar-refractivity contribution in [3.05, 3.63) is 65.7 Å². The van der Waals surface area contributed by atoms with Crippen LogP contribution < -0.4 is 15.4 Å². The number of amides is 2. The van der Waals surface area contributed by atoms with Crippen molar-refractivity contribution in [1.82, 2.24) is 15.4 Å². The Morgan fingerprint density at radius 3 is 2.31 bits per heavy atom. The van der Waals surface area contributed by atoms with E-state index in [1.165, 1.54) is 19.2 Å². The summed E-state index contributed by atoms with van der Waals surface area (Å²) in [6.45, 7) is 4.00. The van der Waals surface area contributed by atoms with Crippen LogP contribution in [-0.4, -0.2) is 27.3 Å². The van der Waals surface area contributed by atoms with Crippen molar-refractivity contribution in [3.63, 3.8) is 0 Å². The molecule has 0 heterocycles. The van der Waals surface area contributed by atoms with E-state index in [-0.39, 0.29) is 29.2 Å². The zero-order valence-corrected chi connectivity index (χ0v) is 17.6. The second-order valence-electron chi connectivity index (χ2n) is 7.08. The molecule has 2 aromatic rings. The lowest BCUT2D eigenvalue weighted by Crippen LogP contribution is -2.40. The fourth-order valence-electron chi connectivity index (χ4n) is 2.77. The van der Waals surface area contributed by atoms with E-state index in [0.29, 0.717) is 17.5 Å². The lowest BCUT2D eigenvalue weighted by molar-refractivity contribution is -0.129. The SMILES string of the molecule is CNS(=O)(=O)c1cccc(CNC(=O)C(NC(=O)CC(C)C)c2ccccc2)c1. The number of rotatable bonds is 9. The summed E-state index contributed by atoms with van der Waals surface area (Å²) in [5.74, 6) is -0.396. The van der Waals surface area contributed by atoms with Crippen LogP contribution in [0.3, 0.4) is 0 Å². The minimum Gasteiger partial charge on any atom is -0.350 e. The normalized spacial score (nSPS) is 12.4. The molecule has 2 amide bonds. The van der Waals surface area contributed by atoms with Crippen LogP contribution in [0.15, 0.2) is 59.5 Å². The van der Waals surface area contributed by atoms with Gasteiger partial charge in [-0.05, 0) is 36.2 Å². The number of carbonyl (C=O) groups excluding carboxylic acids is 2. The van der Waals surface area contributed by atoms with Gasteiger partial charge in [0.05, 0.1) is 4.90 Å². The molecule has 7 nitrogen and oxygen atoms in total. The molecule has 0 radical (unpaired) electrons. The summed E-state index contributed by atoms with van der Waals surface area (Å²) in [5.41, 5.74) is 1.31. The van der Waals surface area contributed by atoms with Gasteiger partial charge in [0.15, 0.2) is 0 Å². The van der Waals surface area contributed by atoms with Gasteiger partial charge in [-0.1, -0.05) is 56.3 Å². The zero-order valence-electron chi connectivity index (χ0n) is 16.8. The van der Waals surface area contributed by atoms with E-state index in [0.717, 1.165) is 0 Å². The standard InChI is InChI=1S/C21H27N3O4S/c1-15(2)12-19(25)24-20(17-9-5-4-6-10-17)21(26)23-14-16-8-7-11-18(13-16)29(27,28)22-3/h4-11,13,15,20,22H,12,14H2,1-3H3,(H,23,26)(H,24,25). The minimum atomic E-state index is -3.57. The van der Waals surface area contributed by atoms with Gasteiger partial charge in [-0.25, -0.2) is 13.1 Å². The first-order valence-corrected chi connectivity index (χ1v) is 10.9. The van der Waals surface area contributed by atoms with Gasteiger partial charge in [-0.15, -0.1) is 0 Å². The Kier molecular flexibility index (Phi) is 7.92. The first-order chi connectivity index (χ1) is 13.7. The summed E-state index contributed by atoms with van der Waals surface area (Å²) in [5, 5.41) is 5.57. The molecule has 2 rings (SSSR count). The largest absolute Gasteiger partial charge is 0.350 e. The van der Waals surface area contributed by atoms with Gasteiger partial charge in [0.1, 0.15) is 6.04 Å². The highest BCUT2D eigenvalue weighted by atomic mass is 32.2. The van der Waals surface area contributed by atoms with Crippen molar-refractivity contribution >= 4 is 21.8 Å². The van der Waals surface area contributed by atoms with Crippen LogP contribution in [0, 0.1) is 5.92 Å². The Morgan fingerprint density at radius 2 is 1.69 bits per heavy atom. The van der Waals surface area contributed by atoms with Gasteiger partial charge < -0.3 is 10.6 Å². The summed E-state index contributed by atoms with van der Waals surface area (Å²) in [6, 6.07) is 14.5. The van der Waals surface area contributed by atoms with Gasteiger partial charge in [-0.2, -0.15) is 0 Å². The fraction of sp³-hybridized carbons (Fsp3) is 0.333. The molecule has 8 heteroatoms. The predicted octanol–water partition coefficient (Wildman–Crippen LogP) is 2.11. The third-order valence-corrected chi connectivity index (χ3v) is 5.65. The number of nitrogens with one attached hydrogen (secondary N) is 3. The Hall–Kier alpha value is -2.71. The quantitative estimate of drug-likeness (QED) is 0.581. The first-order valence-electron chi connectivity index (χ1n) is 9.37. The van der Waals surface area contributed by atoms with E-state index in [1.807, 2.05) is 19.9 Å². The molecule has 2 aromatic carbocycles. The Morgan fingerprint density at radius 1 is 1.00 bits per heavy atom. The van der Waals surface area contributed by atoms with Crippen molar-refractivity contribution in [2.45, 2.75) is 37.8 Å². The highest BCUT2D eigenvalue weighted by Gasteiger charge is 2.23. The van der Waals surface area contributed by atoms with Crippen molar-refractivity contribution < 1.29 is 18.0 Å². The molecule has 0 saturated heterocycles. The molecule has 29 heavy (non-hydrogen) atoms. The van der Waals surface area contributed by atoms with Crippen molar-refractivity contribution in [3.8, 4) is 0 Å². The molecule has 0 bridgehead atoms.